The van der Waals surface area contributed by atoms with Gasteiger partial charge in [0.1, 0.15) is 12.4 Å². The molecule has 1 heterocycles. The van der Waals surface area contributed by atoms with E-state index >= 15 is 0 Å². The van der Waals surface area contributed by atoms with Gasteiger partial charge in [-0.25, -0.2) is 0 Å². The summed E-state index contributed by atoms with van der Waals surface area (Å²) >= 11 is 0. The number of nitrogens with zero attached hydrogens (tertiary/aromatic N) is 2. The van der Waals surface area contributed by atoms with Crippen molar-refractivity contribution >= 4 is 5.96 Å². The minimum atomic E-state index is 0.689. The molecule has 0 saturated carbocycles. The van der Waals surface area contributed by atoms with Gasteiger partial charge in [-0.3, -0.25) is 9.89 Å². The third-order valence-corrected chi connectivity index (χ3v) is 4.90. The number of rotatable bonds is 8. The molecule has 156 valence electrons. The Balaban J connectivity index is 1.42. The molecule has 1 aliphatic rings. The molecule has 2 aromatic rings. The molecule has 0 atom stereocenters. The first-order valence-electron chi connectivity index (χ1n) is 10.2. The Kier molecular flexibility index (Phi) is 8.34. The largest absolute Gasteiger partial charge is 0.492 e. The minimum Gasteiger partial charge on any atom is -0.492 e. The van der Waals surface area contributed by atoms with Crippen LogP contribution in [-0.4, -0.2) is 57.4 Å². The van der Waals surface area contributed by atoms with Gasteiger partial charge in [0, 0.05) is 39.8 Å². The van der Waals surface area contributed by atoms with Crippen LogP contribution in [0.2, 0.25) is 0 Å². The quantitative estimate of drug-likeness (QED) is 0.531. The summed E-state index contributed by atoms with van der Waals surface area (Å²) in [6, 6.07) is 16.7. The number of hydrogen-bond donors (Lipinski definition) is 2. The first-order valence-corrected chi connectivity index (χ1v) is 10.2. The predicted molar refractivity (Wildman–Crippen MR) is 117 cm³/mol. The average Bonchev–Trinajstić information content (AvgIpc) is 2.75. The second-order valence-electron chi connectivity index (χ2n) is 7.22. The third kappa shape index (κ3) is 7.40. The molecule has 0 aliphatic carbocycles. The highest BCUT2D eigenvalue weighted by atomic mass is 16.5. The van der Waals surface area contributed by atoms with Gasteiger partial charge in [-0.05, 0) is 30.2 Å². The van der Waals surface area contributed by atoms with Crippen LogP contribution in [0.3, 0.4) is 0 Å². The van der Waals surface area contributed by atoms with Gasteiger partial charge in [-0.2, -0.15) is 0 Å². The van der Waals surface area contributed by atoms with E-state index in [1.54, 1.807) is 7.05 Å². The maximum absolute atomic E-state index is 5.94. The van der Waals surface area contributed by atoms with Crippen molar-refractivity contribution in [3.05, 3.63) is 65.2 Å². The Bertz CT molecular complexity index is 788. The molecule has 3 rings (SSSR count). The number of guanidine groups is 1. The van der Waals surface area contributed by atoms with Gasteiger partial charge < -0.3 is 20.1 Å². The number of nitrogens with one attached hydrogen (secondary N) is 2. The molecular weight excluding hydrogens is 364 g/mol. The van der Waals surface area contributed by atoms with Gasteiger partial charge in [0.2, 0.25) is 0 Å². The maximum Gasteiger partial charge on any atom is 0.191 e. The van der Waals surface area contributed by atoms with Gasteiger partial charge in [0.15, 0.2) is 5.96 Å². The van der Waals surface area contributed by atoms with Crippen LogP contribution < -0.4 is 15.4 Å². The third-order valence-electron chi connectivity index (χ3n) is 4.90. The summed E-state index contributed by atoms with van der Waals surface area (Å²) in [7, 11) is 1.79. The lowest BCUT2D eigenvalue weighted by atomic mass is 10.1. The minimum absolute atomic E-state index is 0.689. The van der Waals surface area contributed by atoms with Gasteiger partial charge in [-0.15, -0.1) is 0 Å². The molecule has 0 bridgehead atoms. The molecule has 1 saturated heterocycles. The predicted octanol–water partition coefficient (Wildman–Crippen LogP) is 2.57. The highest BCUT2D eigenvalue weighted by Crippen LogP contribution is 2.13. The molecule has 0 unspecified atom stereocenters. The molecule has 0 radical (unpaired) electrons. The molecule has 1 fully saturated rings. The van der Waals surface area contributed by atoms with Crippen LogP contribution in [0.25, 0.3) is 0 Å². The number of hydrogen-bond acceptors (Lipinski definition) is 4. The van der Waals surface area contributed by atoms with Crippen molar-refractivity contribution in [3.8, 4) is 5.75 Å². The van der Waals surface area contributed by atoms with Crippen molar-refractivity contribution in [2.45, 2.75) is 20.0 Å². The van der Waals surface area contributed by atoms with E-state index in [9.17, 15) is 0 Å². The lowest BCUT2D eigenvalue weighted by molar-refractivity contribution is 0.0322. The first-order chi connectivity index (χ1) is 14.2. The van der Waals surface area contributed by atoms with Crippen molar-refractivity contribution < 1.29 is 9.47 Å². The Hall–Kier alpha value is -2.57. The second-order valence-corrected chi connectivity index (χ2v) is 7.22. The molecule has 0 aromatic heterocycles. The normalized spacial score (nSPS) is 15.2. The summed E-state index contributed by atoms with van der Waals surface area (Å²) < 4.78 is 11.3. The molecular formula is C23H32N4O2. The van der Waals surface area contributed by atoms with E-state index in [0.29, 0.717) is 13.2 Å². The molecule has 6 nitrogen and oxygen atoms in total. The van der Waals surface area contributed by atoms with E-state index in [4.69, 9.17) is 9.47 Å². The molecule has 0 spiro atoms. The van der Waals surface area contributed by atoms with Gasteiger partial charge >= 0.3 is 0 Å². The first kappa shape index (κ1) is 21.1. The van der Waals surface area contributed by atoms with E-state index in [-0.39, 0.29) is 0 Å². The zero-order valence-electron chi connectivity index (χ0n) is 17.5. The van der Waals surface area contributed by atoms with Crippen LogP contribution in [0.5, 0.6) is 5.75 Å². The smallest absolute Gasteiger partial charge is 0.191 e. The fourth-order valence-corrected chi connectivity index (χ4v) is 3.28. The van der Waals surface area contributed by atoms with E-state index in [0.717, 1.165) is 56.7 Å². The molecule has 2 aromatic carbocycles. The Morgan fingerprint density at radius 3 is 2.41 bits per heavy atom. The molecule has 29 heavy (non-hydrogen) atoms. The summed E-state index contributed by atoms with van der Waals surface area (Å²) in [6.07, 6.45) is 0. The number of morpholine rings is 1. The van der Waals surface area contributed by atoms with Crippen LogP contribution >= 0.6 is 0 Å². The molecule has 2 N–H and O–H groups in total. The number of aliphatic imine (C=N–C) groups is 1. The SMILES string of the molecule is CN=C(NCc1cccc(C)c1)NCc1cccc(OCCN2CCOCC2)c1. The number of aryl methyl sites for hydroxylation is 1. The summed E-state index contributed by atoms with van der Waals surface area (Å²) in [4.78, 5) is 6.69. The van der Waals surface area contributed by atoms with Crippen molar-refractivity contribution in [1.82, 2.24) is 15.5 Å². The fourth-order valence-electron chi connectivity index (χ4n) is 3.28. The van der Waals surface area contributed by atoms with Crippen molar-refractivity contribution in [3.63, 3.8) is 0 Å². The van der Waals surface area contributed by atoms with E-state index in [1.165, 1.54) is 11.1 Å². The van der Waals surface area contributed by atoms with Crippen LogP contribution in [0.4, 0.5) is 0 Å². The van der Waals surface area contributed by atoms with Gasteiger partial charge in [-0.1, -0.05) is 42.0 Å². The standard InChI is InChI=1S/C23H32N4O2/c1-19-5-3-6-20(15-19)17-25-23(24-2)26-18-21-7-4-8-22(16-21)29-14-11-27-9-12-28-13-10-27/h3-8,15-16H,9-14,17-18H2,1-2H3,(H2,24,25,26). The lowest BCUT2D eigenvalue weighted by Gasteiger charge is -2.26. The number of ether oxygens (including phenoxy) is 2. The zero-order valence-corrected chi connectivity index (χ0v) is 17.5. The zero-order chi connectivity index (χ0) is 20.3. The van der Waals surface area contributed by atoms with Crippen molar-refractivity contribution in [2.75, 3.05) is 46.5 Å². The summed E-state index contributed by atoms with van der Waals surface area (Å²) in [6.45, 7) is 8.77. The van der Waals surface area contributed by atoms with Gasteiger partial charge in [0.05, 0.1) is 13.2 Å². The Morgan fingerprint density at radius 1 is 1.03 bits per heavy atom. The Labute approximate surface area is 173 Å². The van der Waals surface area contributed by atoms with E-state index in [1.807, 2.05) is 12.1 Å². The lowest BCUT2D eigenvalue weighted by Crippen LogP contribution is -2.38. The number of benzene rings is 2. The molecule has 6 heteroatoms. The topological polar surface area (TPSA) is 58.1 Å². The summed E-state index contributed by atoms with van der Waals surface area (Å²) in [5, 5.41) is 6.73. The van der Waals surface area contributed by atoms with Crippen LogP contribution in [-0.2, 0) is 17.8 Å². The van der Waals surface area contributed by atoms with E-state index in [2.05, 4.69) is 63.8 Å². The van der Waals surface area contributed by atoms with Crippen molar-refractivity contribution in [1.29, 1.82) is 0 Å². The van der Waals surface area contributed by atoms with Crippen LogP contribution in [0, 0.1) is 6.92 Å². The van der Waals surface area contributed by atoms with Crippen LogP contribution in [0.1, 0.15) is 16.7 Å². The maximum atomic E-state index is 5.94. The Morgan fingerprint density at radius 2 is 1.72 bits per heavy atom. The average molecular weight is 397 g/mol. The summed E-state index contributed by atoms with van der Waals surface area (Å²) in [5.74, 6) is 1.69. The van der Waals surface area contributed by atoms with Crippen LogP contribution in [0.15, 0.2) is 53.5 Å². The molecule has 1 aliphatic heterocycles. The second kappa shape index (κ2) is 11.4. The molecule has 0 amide bonds. The highest BCUT2D eigenvalue weighted by Gasteiger charge is 2.09. The van der Waals surface area contributed by atoms with Crippen molar-refractivity contribution in [2.24, 2.45) is 4.99 Å². The fraction of sp³-hybridized carbons (Fsp3) is 0.435. The van der Waals surface area contributed by atoms with E-state index < -0.39 is 0 Å². The highest BCUT2D eigenvalue weighted by molar-refractivity contribution is 5.79. The van der Waals surface area contributed by atoms with Gasteiger partial charge in [0.25, 0.3) is 0 Å². The monoisotopic (exact) mass is 396 g/mol. The summed E-state index contributed by atoms with van der Waals surface area (Å²) in [5.41, 5.74) is 3.66.